The summed E-state index contributed by atoms with van der Waals surface area (Å²) in [4.78, 5) is 10.9. The Bertz CT molecular complexity index is 131. The highest BCUT2D eigenvalue weighted by atomic mass is 32.2. The van der Waals surface area contributed by atoms with Gasteiger partial charge in [0.2, 0.25) is 0 Å². The Morgan fingerprint density at radius 1 is 1.15 bits per heavy atom. The van der Waals surface area contributed by atoms with Crippen molar-refractivity contribution >= 4 is 40.4 Å². The fourth-order valence-electron chi connectivity index (χ4n) is 0.849. The van der Waals surface area contributed by atoms with Crippen molar-refractivity contribution in [3.8, 4) is 0 Å². The van der Waals surface area contributed by atoms with Gasteiger partial charge in [-0.2, -0.15) is 23.5 Å². The minimum Gasteiger partial charge on any atom is -0.288 e. The number of carbonyl (C=O) groups is 1. The van der Waals surface area contributed by atoms with Crippen LogP contribution in [-0.4, -0.2) is 33.4 Å². The molecule has 0 aromatic heterocycles. The monoisotopic (exact) mass is 238 g/mol. The third kappa shape index (κ3) is 9.03. The summed E-state index contributed by atoms with van der Waals surface area (Å²) in [6, 6.07) is 0. The van der Waals surface area contributed by atoms with E-state index in [1.807, 2.05) is 23.5 Å². The summed E-state index contributed by atoms with van der Waals surface area (Å²) < 4.78 is 0. The lowest BCUT2D eigenvalue weighted by molar-refractivity contribution is -0.109. The molecule has 1 nitrogen and oxygen atoms in total. The summed E-state index contributed by atoms with van der Waals surface area (Å²) in [6.45, 7) is 5.98. The molecule has 78 valence electrons. The van der Waals surface area contributed by atoms with Crippen molar-refractivity contribution in [1.82, 2.24) is 0 Å². The summed E-state index contributed by atoms with van der Waals surface area (Å²) in [7, 11) is 0. The van der Waals surface area contributed by atoms with Crippen molar-refractivity contribution in [2.24, 2.45) is 0 Å². The molecule has 0 aliphatic carbocycles. The highest BCUT2D eigenvalue weighted by Gasteiger charge is 2.11. The van der Waals surface area contributed by atoms with Gasteiger partial charge in [-0.05, 0) is 11.5 Å². The second-order valence-corrected chi connectivity index (χ2v) is 6.67. The molecule has 0 bridgehead atoms. The summed E-state index contributed by atoms with van der Waals surface area (Å²) in [6.07, 6.45) is 0. The van der Waals surface area contributed by atoms with E-state index in [-0.39, 0.29) is 5.12 Å². The maximum atomic E-state index is 10.9. The summed E-state index contributed by atoms with van der Waals surface area (Å²) in [5.41, 5.74) is 0. The molecule has 0 atom stereocenters. The van der Waals surface area contributed by atoms with E-state index in [4.69, 9.17) is 0 Å². The Morgan fingerprint density at radius 2 is 1.62 bits per heavy atom. The third-order valence-corrected chi connectivity index (χ3v) is 4.86. The van der Waals surface area contributed by atoms with Gasteiger partial charge >= 0.3 is 0 Å². The van der Waals surface area contributed by atoms with Crippen LogP contribution in [0.3, 0.4) is 0 Å². The van der Waals surface area contributed by atoms with Crippen molar-refractivity contribution in [1.29, 1.82) is 0 Å². The molecule has 0 aliphatic heterocycles. The van der Waals surface area contributed by atoms with Gasteiger partial charge in [-0.3, -0.25) is 4.79 Å². The van der Waals surface area contributed by atoms with Crippen LogP contribution in [0.2, 0.25) is 0 Å². The molecule has 0 rings (SSSR count). The first-order valence-electron chi connectivity index (χ1n) is 4.53. The van der Waals surface area contributed by atoms with Crippen molar-refractivity contribution in [2.45, 2.75) is 26.0 Å². The van der Waals surface area contributed by atoms with Crippen molar-refractivity contribution in [3.63, 3.8) is 0 Å². The minimum absolute atomic E-state index is 0.249. The van der Waals surface area contributed by atoms with Crippen LogP contribution >= 0.6 is 35.3 Å². The lowest BCUT2D eigenvalue weighted by atomic mass is 10.5. The SMILES string of the molecule is CCSCC(CSCC)SC(C)=O. The first kappa shape index (κ1) is 13.7. The Kier molecular flexibility index (Phi) is 9.80. The van der Waals surface area contributed by atoms with E-state index in [0.29, 0.717) is 5.25 Å². The second kappa shape index (κ2) is 9.28. The van der Waals surface area contributed by atoms with Gasteiger partial charge in [0.1, 0.15) is 0 Å². The number of rotatable bonds is 7. The Labute approximate surface area is 94.2 Å². The highest BCUT2D eigenvalue weighted by Crippen LogP contribution is 2.21. The molecule has 0 saturated carbocycles. The molecule has 0 aromatic carbocycles. The van der Waals surface area contributed by atoms with E-state index in [2.05, 4.69) is 13.8 Å². The average molecular weight is 238 g/mol. The molecule has 0 aromatic rings. The average Bonchev–Trinajstić information content (AvgIpc) is 2.09. The van der Waals surface area contributed by atoms with Gasteiger partial charge in [0.25, 0.3) is 0 Å². The van der Waals surface area contributed by atoms with E-state index in [0.717, 1.165) is 23.0 Å². The number of thioether (sulfide) groups is 3. The van der Waals surface area contributed by atoms with E-state index in [9.17, 15) is 4.79 Å². The second-order valence-electron chi connectivity index (χ2n) is 2.55. The smallest absolute Gasteiger partial charge is 0.186 e. The van der Waals surface area contributed by atoms with Gasteiger partial charge in [-0.15, -0.1) is 0 Å². The molecule has 0 saturated heterocycles. The third-order valence-electron chi connectivity index (χ3n) is 1.35. The van der Waals surface area contributed by atoms with Crippen LogP contribution in [0.15, 0.2) is 0 Å². The van der Waals surface area contributed by atoms with Gasteiger partial charge < -0.3 is 0 Å². The molecule has 0 fully saturated rings. The molecular weight excluding hydrogens is 220 g/mol. The van der Waals surface area contributed by atoms with E-state index in [1.54, 1.807) is 6.92 Å². The van der Waals surface area contributed by atoms with Gasteiger partial charge in [-0.1, -0.05) is 25.6 Å². The fraction of sp³-hybridized carbons (Fsp3) is 0.889. The quantitative estimate of drug-likeness (QED) is 0.677. The van der Waals surface area contributed by atoms with Crippen molar-refractivity contribution < 1.29 is 4.79 Å². The number of hydrogen-bond acceptors (Lipinski definition) is 4. The lowest BCUT2D eigenvalue weighted by Crippen LogP contribution is -2.12. The number of carbonyl (C=O) groups excluding carboxylic acids is 1. The number of hydrogen-bond donors (Lipinski definition) is 0. The Hall–Kier alpha value is 0.720. The van der Waals surface area contributed by atoms with Crippen molar-refractivity contribution in [2.75, 3.05) is 23.0 Å². The minimum atomic E-state index is 0.249. The molecule has 4 heteroatoms. The van der Waals surface area contributed by atoms with Crippen LogP contribution in [0.1, 0.15) is 20.8 Å². The van der Waals surface area contributed by atoms with E-state index < -0.39 is 0 Å². The first-order chi connectivity index (χ1) is 6.20. The zero-order valence-corrected chi connectivity index (χ0v) is 11.0. The van der Waals surface area contributed by atoms with Gasteiger partial charge in [0.15, 0.2) is 5.12 Å². The largest absolute Gasteiger partial charge is 0.288 e. The molecule has 0 aliphatic rings. The molecule has 13 heavy (non-hydrogen) atoms. The van der Waals surface area contributed by atoms with E-state index in [1.165, 1.54) is 11.8 Å². The summed E-state index contributed by atoms with van der Waals surface area (Å²) >= 11 is 5.34. The molecule has 0 N–H and O–H groups in total. The maximum absolute atomic E-state index is 10.9. The van der Waals surface area contributed by atoms with Crippen LogP contribution in [0.25, 0.3) is 0 Å². The first-order valence-corrected chi connectivity index (χ1v) is 7.72. The molecule has 0 amide bonds. The fourth-order valence-corrected chi connectivity index (χ4v) is 3.82. The van der Waals surface area contributed by atoms with Crippen LogP contribution in [0, 0.1) is 0 Å². The van der Waals surface area contributed by atoms with Gasteiger partial charge in [0.05, 0.1) is 0 Å². The Balaban J connectivity index is 3.66. The van der Waals surface area contributed by atoms with E-state index >= 15 is 0 Å². The van der Waals surface area contributed by atoms with Crippen LogP contribution in [0.5, 0.6) is 0 Å². The highest BCUT2D eigenvalue weighted by molar-refractivity contribution is 8.15. The Morgan fingerprint density at radius 3 is 1.92 bits per heavy atom. The van der Waals surface area contributed by atoms with Crippen LogP contribution in [0.4, 0.5) is 0 Å². The predicted molar refractivity (Wildman–Crippen MR) is 68.1 cm³/mol. The summed E-state index contributed by atoms with van der Waals surface area (Å²) in [5.74, 6) is 4.50. The van der Waals surface area contributed by atoms with Gasteiger partial charge in [-0.25, -0.2) is 0 Å². The molecule has 0 heterocycles. The maximum Gasteiger partial charge on any atom is 0.186 e. The predicted octanol–water partition coefficient (Wildman–Crippen LogP) is 3.14. The molecule has 0 spiro atoms. The zero-order valence-electron chi connectivity index (χ0n) is 8.54. The topological polar surface area (TPSA) is 17.1 Å². The molecule has 0 radical (unpaired) electrons. The molecule has 0 unspecified atom stereocenters. The van der Waals surface area contributed by atoms with Crippen LogP contribution in [-0.2, 0) is 4.79 Å². The van der Waals surface area contributed by atoms with Crippen LogP contribution < -0.4 is 0 Å². The summed E-state index contributed by atoms with van der Waals surface area (Å²) in [5, 5.41) is 0.755. The van der Waals surface area contributed by atoms with Crippen molar-refractivity contribution in [3.05, 3.63) is 0 Å². The van der Waals surface area contributed by atoms with Gasteiger partial charge in [0, 0.05) is 23.7 Å². The lowest BCUT2D eigenvalue weighted by Gasteiger charge is -2.12. The standard InChI is InChI=1S/C9H18OS3/c1-4-11-6-9(7-12-5-2)13-8(3)10/h9H,4-7H2,1-3H3. The zero-order chi connectivity index (χ0) is 10.1. The normalized spacial score (nSPS) is 10.8. The molecular formula is C9H18OS3.